The van der Waals surface area contributed by atoms with Crippen LogP contribution in [0.15, 0.2) is 43.9 Å². The van der Waals surface area contributed by atoms with Crippen molar-refractivity contribution in [2.45, 2.75) is 6.54 Å². The molecule has 0 aliphatic rings. The molecule has 0 spiro atoms. The van der Waals surface area contributed by atoms with E-state index in [1.165, 1.54) is 0 Å². The molecule has 5 heteroatoms. The van der Waals surface area contributed by atoms with Crippen LogP contribution in [-0.4, -0.2) is 0 Å². The lowest BCUT2D eigenvalue weighted by molar-refractivity contribution is 0.495. The summed E-state index contributed by atoms with van der Waals surface area (Å²) in [6.45, 7) is 0.639. The fourth-order valence-corrected chi connectivity index (χ4v) is 2.08. The van der Waals surface area contributed by atoms with Crippen molar-refractivity contribution in [2.75, 3.05) is 5.32 Å². The van der Waals surface area contributed by atoms with E-state index < -0.39 is 0 Å². The summed E-state index contributed by atoms with van der Waals surface area (Å²) in [5.74, 6) is 0.873. The van der Waals surface area contributed by atoms with Crippen LogP contribution in [0.2, 0.25) is 5.02 Å². The summed E-state index contributed by atoms with van der Waals surface area (Å²) in [6, 6.07) is 9.48. The number of rotatable bonds is 3. The lowest BCUT2D eigenvalue weighted by Gasteiger charge is -2.05. The van der Waals surface area contributed by atoms with E-state index in [0.717, 1.165) is 20.6 Å². The maximum absolute atomic E-state index is 5.90. The van der Waals surface area contributed by atoms with Crippen LogP contribution >= 0.6 is 43.5 Å². The zero-order valence-electron chi connectivity index (χ0n) is 8.14. The normalized spacial score (nSPS) is 10.4. The molecule has 2 rings (SSSR count). The number of hydrogen-bond acceptors (Lipinski definition) is 2. The third-order valence-electron chi connectivity index (χ3n) is 2.02. The lowest BCUT2D eigenvalue weighted by Crippen LogP contribution is -1.97. The zero-order chi connectivity index (χ0) is 11.5. The van der Waals surface area contributed by atoms with Gasteiger partial charge in [-0.3, -0.25) is 0 Å². The Morgan fingerprint density at radius 1 is 1.19 bits per heavy atom. The van der Waals surface area contributed by atoms with Gasteiger partial charge in [-0.15, -0.1) is 0 Å². The highest BCUT2D eigenvalue weighted by molar-refractivity contribution is 9.10. The number of anilines is 1. The van der Waals surface area contributed by atoms with Gasteiger partial charge >= 0.3 is 0 Å². The summed E-state index contributed by atoms with van der Waals surface area (Å²) in [5, 5.41) is 3.94. The van der Waals surface area contributed by atoms with Crippen molar-refractivity contribution in [1.29, 1.82) is 0 Å². The van der Waals surface area contributed by atoms with E-state index in [1.54, 1.807) is 0 Å². The Morgan fingerprint density at radius 3 is 2.62 bits per heavy atom. The van der Waals surface area contributed by atoms with Gasteiger partial charge in [-0.1, -0.05) is 11.6 Å². The molecule has 0 aliphatic heterocycles. The van der Waals surface area contributed by atoms with E-state index in [1.807, 2.05) is 30.3 Å². The highest BCUT2D eigenvalue weighted by Crippen LogP contribution is 2.26. The second-order valence-corrected chi connectivity index (χ2v) is 5.23. The monoisotopic (exact) mass is 363 g/mol. The molecule has 0 aliphatic carbocycles. The van der Waals surface area contributed by atoms with E-state index in [4.69, 9.17) is 16.0 Å². The molecule has 0 radical (unpaired) electrons. The van der Waals surface area contributed by atoms with Gasteiger partial charge in [-0.25, -0.2) is 0 Å². The Kier molecular flexibility index (Phi) is 3.95. The van der Waals surface area contributed by atoms with Crippen molar-refractivity contribution in [3.8, 4) is 0 Å². The van der Waals surface area contributed by atoms with E-state index in [-0.39, 0.29) is 0 Å². The van der Waals surface area contributed by atoms with Crippen molar-refractivity contribution in [3.63, 3.8) is 0 Å². The summed E-state index contributed by atoms with van der Waals surface area (Å²) < 4.78 is 6.99. The minimum Gasteiger partial charge on any atom is -0.452 e. The fraction of sp³-hybridized carbons (Fsp3) is 0.0909. The summed E-state index contributed by atoms with van der Waals surface area (Å²) >= 11 is 12.5. The van der Waals surface area contributed by atoms with Gasteiger partial charge in [0.25, 0.3) is 0 Å². The van der Waals surface area contributed by atoms with Crippen LogP contribution in [0.3, 0.4) is 0 Å². The molecule has 0 amide bonds. The summed E-state index contributed by atoms with van der Waals surface area (Å²) in [6.07, 6.45) is 0. The number of halogens is 3. The maximum Gasteiger partial charge on any atom is 0.169 e. The molecule has 0 fully saturated rings. The number of furan rings is 1. The Hall–Kier alpha value is -0.450. The maximum atomic E-state index is 5.90. The largest absolute Gasteiger partial charge is 0.452 e. The second-order valence-electron chi connectivity index (χ2n) is 3.19. The molecule has 2 nitrogen and oxygen atoms in total. The first-order chi connectivity index (χ1) is 7.65. The van der Waals surface area contributed by atoms with E-state index >= 15 is 0 Å². The quantitative estimate of drug-likeness (QED) is 0.821. The van der Waals surface area contributed by atoms with Gasteiger partial charge in [0.05, 0.1) is 11.6 Å². The van der Waals surface area contributed by atoms with Crippen LogP contribution in [0, 0.1) is 0 Å². The van der Waals surface area contributed by atoms with E-state index in [2.05, 4.69) is 37.2 Å². The zero-order valence-corrected chi connectivity index (χ0v) is 12.1. The molecule has 1 N–H and O–H groups in total. The number of benzene rings is 1. The molecule has 16 heavy (non-hydrogen) atoms. The number of nitrogens with one attached hydrogen (secondary N) is 1. The van der Waals surface area contributed by atoms with Crippen LogP contribution < -0.4 is 5.32 Å². The van der Waals surface area contributed by atoms with Gasteiger partial charge in [-0.05, 0) is 62.2 Å². The molecule has 0 saturated carbocycles. The minimum atomic E-state index is 0.639. The van der Waals surface area contributed by atoms with Gasteiger partial charge in [0.2, 0.25) is 0 Å². The van der Waals surface area contributed by atoms with Crippen molar-refractivity contribution in [3.05, 3.63) is 50.3 Å². The molecule has 0 bridgehead atoms. The molecule has 2 aromatic rings. The van der Waals surface area contributed by atoms with Crippen LogP contribution in [0.1, 0.15) is 5.76 Å². The highest BCUT2D eigenvalue weighted by Gasteiger charge is 2.01. The first-order valence-corrected chi connectivity index (χ1v) is 6.54. The van der Waals surface area contributed by atoms with Gasteiger partial charge in [0.15, 0.2) is 4.67 Å². The molecular weight excluding hydrogens is 357 g/mol. The van der Waals surface area contributed by atoms with E-state index in [9.17, 15) is 0 Å². The molecule has 0 atom stereocenters. The van der Waals surface area contributed by atoms with Crippen LogP contribution in [-0.2, 0) is 6.54 Å². The predicted octanol–water partition coefficient (Wildman–Crippen LogP) is 5.07. The van der Waals surface area contributed by atoms with Crippen molar-refractivity contribution in [2.24, 2.45) is 0 Å². The van der Waals surface area contributed by atoms with Gasteiger partial charge in [-0.2, -0.15) is 0 Å². The molecule has 0 unspecified atom stereocenters. The van der Waals surface area contributed by atoms with Crippen molar-refractivity contribution < 1.29 is 4.42 Å². The molecule has 1 aromatic carbocycles. The number of hydrogen-bond donors (Lipinski definition) is 1. The van der Waals surface area contributed by atoms with E-state index in [0.29, 0.717) is 11.6 Å². The molecular formula is C11H8Br2ClNO. The lowest BCUT2D eigenvalue weighted by atomic mass is 10.3. The SMILES string of the molecule is Clc1ccc(NCc2ccc(Br)o2)cc1Br. The van der Waals surface area contributed by atoms with Crippen LogP contribution in [0.25, 0.3) is 0 Å². The topological polar surface area (TPSA) is 25.2 Å². The smallest absolute Gasteiger partial charge is 0.169 e. The van der Waals surface area contributed by atoms with Gasteiger partial charge in [0.1, 0.15) is 5.76 Å². The standard InChI is InChI=1S/C11H8Br2ClNO/c12-9-5-7(1-3-10(9)14)15-6-8-2-4-11(13)16-8/h1-5,15H,6H2. The summed E-state index contributed by atoms with van der Waals surface area (Å²) in [5.41, 5.74) is 0.990. The average Bonchev–Trinajstić information content (AvgIpc) is 2.66. The Labute approximate surface area is 115 Å². The van der Waals surface area contributed by atoms with Crippen molar-refractivity contribution >= 4 is 49.1 Å². The van der Waals surface area contributed by atoms with Crippen LogP contribution in [0.5, 0.6) is 0 Å². The highest BCUT2D eigenvalue weighted by atomic mass is 79.9. The Balaban J connectivity index is 2.02. The van der Waals surface area contributed by atoms with Gasteiger partial charge in [0, 0.05) is 10.2 Å². The minimum absolute atomic E-state index is 0.639. The second kappa shape index (κ2) is 5.25. The Bertz CT molecular complexity index is 498. The first kappa shape index (κ1) is 12.0. The third-order valence-corrected chi connectivity index (χ3v) is 3.66. The summed E-state index contributed by atoms with van der Waals surface area (Å²) in [4.78, 5) is 0. The van der Waals surface area contributed by atoms with Crippen LogP contribution in [0.4, 0.5) is 5.69 Å². The molecule has 84 valence electrons. The predicted molar refractivity (Wildman–Crippen MR) is 72.9 cm³/mol. The molecule has 0 saturated heterocycles. The fourth-order valence-electron chi connectivity index (χ4n) is 1.24. The first-order valence-electron chi connectivity index (χ1n) is 4.58. The summed E-state index contributed by atoms with van der Waals surface area (Å²) in [7, 11) is 0. The van der Waals surface area contributed by atoms with Gasteiger partial charge < -0.3 is 9.73 Å². The van der Waals surface area contributed by atoms with Crippen molar-refractivity contribution in [1.82, 2.24) is 0 Å². The average molecular weight is 365 g/mol. The molecule has 1 aromatic heterocycles. The third kappa shape index (κ3) is 3.03. The Morgan fingerprint density at radius 2 is 2.00 bits per heavy atom. The molecule has 1 heterocycles.